The van der Waals surface area contributed by atoms with Gasteiger partial charge in [-0.15, -0.1) is 5.10 Å². The van der Waals surface area contributed by atoms with E-state index in [4.69, 9.17) is 4.52 Å². The molecule has 9 nitrogen and oxygen atoms in total. The zero-order valence-corrected chi connectivity index (χ0v) is 14.7. The maximum absolute atomic E-state index is 13.7. The summed E-state index contributed by atoms with van der Waals surface area (Å²) in [5.74, 6) is 0.559. The van der Waals surface area contributed by atoms with Crippen LogP contribution in [0.5, 0.6) is 0 Å². The Balaban J connectivity index is 1.41. The van der Waals surface area contributed by atoms with Gasteiger partial charge in [0.25, 0.3) is 0 Å². The average Bonchev–Trinajstić information content (AvgIpc) is 3.26. The third-order valence-electron chi connectivity index (χ3n) is 3.39. The Kier molecular flexibility index (Phi) is 5.89. The fourth-order valence-corrected chi connectivity index (χ4v) is 2.80. The largest absolute Gasteiger partial charge is 0.355 e. The Labute approximate surface area is 152 Å². The number of rotatable bonds is 8. The van der Waals surface area contributed by atoms with E-state index in [0.717, 1.165) is 0 Å². The first-order valence-corrected chi connectivity index (χ1v) is 8.81. The van der Waals surface area contributed by atoms with Gasteiger partial charge in [0.05, 0.1) is 5.56 Å². The summed E-state index contributed by atoms with van der Waals surface area (Å²) in [5.41, 5.74) is 0.266. The van der Waals surface area contributed by atoms with Crippen molar-refractivity contribution in [2.24, 2.45) is 7.05 Å². The van der Waals surface area contributed by atoms with Gasteiger partial charge in [-0.25, -0.2) is 9.07 Å². The van der Waals surface area contributed by atoms with Crippen molar-refractivity contribution in [1.82, 2.24) is 35.7 Å². The second kappa shape index (κ2) is 8.52. The van der Waals surface area contributed by atoms with Crippen LogP contribution in [0.15, 0.2) is 33.9 Å². The van der Waals surface area contributed by atoms with Crippen molar-refractivity contribution in [1.29, 1.82) is 0 Å². The second-order valence-corrected chi connectivity index (χ2v) is 6.34. The number of carbonyl (C=O) groups is 1. The highest BCUT2D eigenvalue weighted by Gasteiger charge is 2.13. The van der Waals surface area contributed by atoms with Gasteiger partial charge in [0.2, 0.25) is 22.8 Å². The molecule has 0 saturated carbocycles. The predicted molar refractivity (Wildman–Crippen MR) is 90.5 cm³/mol. The Bertz CT molecular complexity index is 882. The van der Waals surface area contributed by atoms with E-state index < -0.39 is 5.82 Å². The summed E-state index contributed by atoms with van der Waals surface area (Å²) in [6, 6.07) is 6.18. The number of carbonyl (C=O) groups excluding carboxylic acids is 1. The van der Waals surface area contributed by atoms with Gasteiger partial charge in [0, 0.05) is 32.2 Å². The SMILES string of the molecule is Cn1nnnc1SCCNC(=O)CCc1nc(-c2ccccc2F)no1. The van der Waals surface area contributed by atoms with Crippen LogP contribution in [0.25, 0.3) is 11.4 Å². The first kappa shape index (κ1) is 18.0. The van der Waals surface area contributed by atoms with E-state index in [1.165, 1.54) is 17.8 Å². The maximum atomic E-state index is 13.7. The molecule has 3 aromatic rings. The van der Waals surface area contributed by atoms with Gasteiger partial charge in [-0.2, -0.15) is 4.98 Å². The maximum Gasteiger partial charge on any atom is 0.227 e. The van der Waals surface area contributed by atoms with Crippen LogP contribution in [-0.2, 0) is 18.3 Å². The number of nitrogens with zero attached hydrogens (tertiary/aromatic N) is 6. The number of tetrazole rings is 1. The van der Waals surface area contributed by atoms with Gasteiger partial charge < -0.3 is 9.84 Å². The molecule has 0 spiro atoms. The molecule has 11 heteroatoms. The van der Waals surface area contributed by atoms with E-state index in [1.807, 2.05) is 0 Å². The number of thioether (sulfide) groups is 1. The molecule has 0 saturated heterocycles. The van der Waals surface area contributed by atoms with E-state index in [1.54, 1.807) is 29.9 Å². The highest BCUT2D eigenvalue weighted by Crippen LogP contribution is 2.19. The number of aromatic nitrogens is 6. The summed E-state index contributed by atoms with van der Waals surface area (Å²) in [4.78, 5) is 16.0. The summed E-state index contributed by atoms with van der Waals surface area (Å²) >= 11 is 1.45. The lowest BCUT2D eigenvalue weighted by Gasteiger charge is -2.03. The molecule has 2 aromatic heterocycles. The Hall–Kier alpha value is -2.82. The lowest BCUT2D eigenvalue weighted by molar-refractivity contribution is -0.121. The molecular formula is C15H16FN7O2S. The monoisotopic (exact) mass is 377 g/mol. The molecule has 3 rings (SSSR count). The summed E-state index contributed by atoms with van der Waals surface area (Å²) in [6.07, 6.45) is 0.489. The van der Waals surface area contributed by atoms with Crippen molar-refractivity contribution in [3.05, 3.63) is 36.0 Å². The fourth-order valence-electron chi connectivity index (χ4n) is 2.09. The van der Waals surface area contributed by atoms with Crippen LogP contribution in [0.2, 0.25) is 0 Å². The van der Waals surface area contributed by atoms with Gasteiger partial charge in [0.15, 0.2) is 0 Å². The highest BCUT2D eigenvalue weighted by atomic mass is 32.2. The van der Waals surface area contributed by atoms with Crippen molar-refractivity contribution in [2.45, 2.75) is 18.0 Å². The van der Waals surface area contributed by atoms with Crippen LogP contribution in [0.3, 0.4) is 0 Å². The van der Waals surface area contributed by atoms with E-state index in [-0.39, 0.29) is 36.0 Å². The number of halogens is 1. The Morgan fingerprint density at radius 3 is 3.00 bits per heavy atom. The highest BCUT2D eigenvalue weighted by molar-refractivity contribution is 7.99. The van der Waals surface area contributed by atoms with Crippen molar-refractivity contribution >= 4 is 17.7 Å². The predicted octanol–water partition coefficient (Wildman–Crippen LogP) is 1.24. The standard InChI is InChI=1S/C15H16FN7O2S/c1-23-15(19-21-22-23)26-9-8-17-12(24)6-7-13-18-14(20-25-13)10-4-2-3-5-11(10)16/h2-5H,6-9H2,1H3,(H,17,24). The zero-order chi connectivity index (χ0) is 18.4. The molecular weight excluding hydrogens is 361 g/mol. The first-order valence-electron chi connectivity index (χ1n) is 7.83. The molecule has 0 aliphatic carbocycles. The summed E-state index contributed by atoms with van der Waals surface area (Å²) in [6.45, 7) is 0.487. The fraction of sp³-hybridized carbons (Fsp3) is 0.333. The van der Waals surface area contributed by atoms with Crippen LogP contribution in [0.4, 0.5) is 4.39 Å². The zero-order valence-electron chi connectivity index (χ0n) is 13.9. The number of amides is 1. The Morgan fingerprint density at radius 1 is 1.38 bits per heavy atom. The Morgan fingerprint density at radius 2 is 2.23 bits per heavy atom. The molecule has 0 atom stereocenters. The van der Waals surface area contributed by atoms with Gasteiger partial charge in [-0.3, -0.25) is 4.79 Å². The molecule has 136 valence electrons. The topological polar surface area (TPSA) is 112 Å². The lowest BCUT2D eigenvalue weighted by Crippen LogP contribution is -2.26. The van der Waals surface area contributed by atoms with Gasteiger partial charge >= 0.3 is 0 Å². The molecule has 0 aliphatic heterocycles. The van der Waals surface area contributed by atoms with E-state index in [0.29, 0.717) is 17.5 Å². The van der Waals surface area contributed by atoms with Crippen LogP contribution in [-0.4, -0.2) is 48.6 Å². The molecule has 0 unspecified atom stereocenters. The van der Waals surface area contributed by atoms with Gasteiger partial charge in [0.1, 0.15) is 5.82 Å². The third-order valence-corrected chi connectivity index (χ3v) is 4.40. The molecule has 26 heavy (non-hydrogen) atoms. The third kappa shape index (κ3) is 4.63. The minimum atomic E-state index is -0.423. The minimum Gasteiger partial charge on any atom is -0.355 e. The van der Waals surface area contributed by atoms with Crippen LogP contribution in [0.1, 0.15) is 12.3 Å². The number of nitrogens with one attached hydrogen (secondary N) is 1. The summed E-state index contributed by atoms with van der Waals surface area (Å²) in [7, 11) is 1.75. The summed E-state index contributed by atoms with van der Waals surface area (Å²) < 4.78 is 20.3. The second-order valence-electron chi connectivity index (χ2n) is 5.28. The number of aryl methyl sites for hydroxylation is 2. The minimum absolute atomic E-state index is 0.132. The molecule has 2 heterocycles. The molecule has 0 aliphatic rings. The van der Waals surface area contributed by atoms with E-state index in [2.05, 4.69) is 31.0 Å². The smallest absolute Gasteiger partial charge is 0.227 e. The van der Waals surface area contributed by atoms with Crippen molar-refractivity contribution < 1.29 is 13.7 Å². The number of hydrogen-bond donors (Lipinski definition) is 1. The van der Waals surface area contributed by atoms with Crippen molar-refractivity contribution in [3.8, 4) is 11.4 Å². The van der Waals surface area contributed by atoms with E-state index >= 15 is 0 Å². The number of hydrogen-bond acceptors (Lipinski definition) is 8. The van der Waals surface area contributed by atoms with Crippen LogP contribution < -0.4 is 5.32 Å². The average molecular weight is 377 g/mol. The van der Waals surface area contributed by atoms with Gasteiger partial charge in [-0.05, 0) is 22.6 Å². The van der Waals surface area contributed by atoms with E-state index in [9.17, 15) is 9.18 Å². The lowest BCUT2D eigenvalue weighted by atomic mass is 10.2. The van der Waals surface area contributed by atoms with Crippen LogP contribution >= 0.6 is 11.8 Å². The van der Waals surface area contributed by atoms with Crippen LogP contribution in [0, 0.1) is 5.82 Å². The molecule has 1 N–H and O–H groups in total. The molecule has 1 aromatic carbocycles. The normalized spacial score (nSPS) is 10.8. The molecule has 0 fully saturated rings. The molecule has 1 amide bonds. The van der Waals surface area contributed by atoms with Crippen molar-refractivity contribution in [3.63, 3.8) is 0 Å². The molecule has 0 radical (unpaired) electrons. The quantitative estimate of drug-likeness (QED) is 0.461. The molecule has 0 bridgehead atoms. The summed E-state index contributed by atoms with van der Waals surface area (Å²) in [5, 5.41) is 18.3. The van der Waals surface area contributed by atoms with Crippen molar-refractivity contribution in [2.75, 3.05) is 12.3 Å². The van der Waals surface area contributed by atoms with Gasteiger partial charge in [-0.1, -0.05) is 29.1 Å². The first-order chi connectivity index (χ1) is 12.6. The number of benzene rings is 1.